The van der Waals surface area contributed by atoms with Gasteiger partial charge in [-0.05, 0) is 37.1 Å². The van der Waals surface area contributed by atoms with E-state index in [1.54, 1.807) is 30.0 Å². The highest BCUT2D eigenvalue weighted by molar-refractivity contribution is 7.99. The molecule has 1 aliphatic rings. The summed E-state index contributed by atoms with van der Waals surface area (Å²) in [6.07, 6.45) is 7.84. The molecule has 0 atom stereocenters. The number of nitrogen functional groups attached to an aromatic ring is 1. The first-order valence-corrected chi connectivity index (χ1v) is 9.11. The van der Waals surface area contributed by atoms with Crippen molar-refractivity contribution < 1.29 is 9.53 Å². The number of pyridine rings is 1. The number of nitrogens with two attached hydrogens (primary N) is 1. The maximum absolute atomic E-state index is 11.8. The molecular weight excluding hydrogens is 298 g/mol. The van der Waals surface area contributed by atoms with Crippen LogP contribution in [0.4, 0.5) is 11.6 Å². The van der Waals surface area contributed by atoms with E-state index in [0.717, 1.165) is 18.8 Å². The summed E-state index contributed by atoms with van der Waals surface area (Å²) >= 11 is 1.62. The maximum Gasteiger partial charge on any atom is 0.235 e. The third kappa shape index (κ3) is 6.66. The van der Waals surface area contributed by atoms with Crippen molar-refractivity contribution >= 4 is 29.3 Å². The van der Waals surface area contributed by atoms with E-state index in [2.05, 4.69) is 10.3 Å². The minimum absolute atomic E-state index is 0.0451. The molecule has 6 heteroatoms. The van der Waals surface area contributed by atoms with E-state index in [-0.39, 0.29) is 5.91 Å². The van der Waals surface area contributed by atoms with Crippen LogP contribution in [0.1, 0.15) is 38.5 Å². The summed E-state index contributed by atoms with van der Waals surface area (Å²) in [7, 11) is 0. The van der Waals surface area contributed by atoms with Gasteiger partial charge in [-0.25, -0.2) is 4.98 Å². The Balaban J connectivity index is 1.50. The number of amides is 1. The highest BCUT2D eigenvalue weighted by atomic mass is 32.2. The van der Waals surface area contributed by atoms with Crippen LogP contribution in [-0.4, -0.2) is 35.1 Å². The summed E-state index contributed by atoms with van der Waals surface area (Å²) in [5, 5.41) is 2.74. The van der Waals surface area contributed by atoms with Gasteiger partial charge in [0.1, 0.15) is 11.6 Å². The molecule has 1 heterocycles. The zero-order valence-corrected chi connectivity index (χ0v) is 13.7. The fourth-order valence-corrected chi connectivity index (χ4v) is 3.23. The number of carbonyl (C=O) groups excluding carboxylic acids is 1. The molecule has 0 aliphatic heterocycles. The molecule has 1 aromatic heterocycles. The Hall–Kier alpha value is -1.27. The van der Waals surface area contributed by atoms with E-state index in [9.17, 15) is 4.79 Å². The molecule has 0 aromatic carbocycles. The molecule has 1 aromatic rings. The zero-order valence-electron chi connectivity index (χ0n) is 12.9. The van der Waals surface area contributed by atoms with Crippen LogP contribution in [-0.2, 0) is 9.53 Å². The second-order valence-electron chi connectivity index (χ2n) is 5.53. The molecule has 0 unspecified atom stereocenters. The predicted octanol–water partition coefficient (Wildman–Crippen LogP) is 3.07. The van der Waals surface area contributed by atoms with Crippen LogP contribution in [0.2, 0.25) is 0 Å². The van der Waals surface area contributed by atoms with E-state index in [4.69, 9.17) is 10.5 Å². The second-order valence-corrected chi connectivity index (χ2v) is 6.64. The molecule has 5 nitrogen and oxygen atoms in total. The number of nitrogens with zero attached hydrogens (tertiary/aromatic N) is 1. The van der Waals surface area contributed by atoms with Crippen LogP contribution in [0, 0.1) is 0 Å². The lowest BCUT2D eigenvalue weighted by Gasteiger charge is -2.21. The third-order valence-electron chi connectivity index (χ3n) is 3.61. The Bertz CT molecular complexity index is 464. The first kappa shape index (κ1) is 17.1. The van der Waals surface area contributed by atoms with Gasteiger partial charge in [0.2, 0.25) is 5.91 Å². The van der Waals surface area contributed by atoms with Crippen LogP contribution in [0.3, 0.4) is 0 Å². The number of anilines is 2. The Morgan fingerprint density at radius 2 is 2.18 bits per heavy atom. The molecule has 0 spiro atoms. The molecule has 0 saturated heterocycles. The standard InChI is InChI=1S/C16H25N3O2S/c17-14-8-4-9-15(18-14)19-16(20)12-22-11-5-10-21-13-6-2-1-3-7-13/h4,8-9,13H,1-3,5-7,10-12H2,(H3,17,18,19,20). The lowest BCUT2D eigenvalue weighted by Crippen LogP contribution is -2.18. The average molecular weight is 323 g/mol. The SMILES string of the molecule is Nc1cccc(NC(=O)CSCCCOC2CCCCC2)n1. The first-order valence-electron chi connectivity index (χ1n) is 7.96. The zero-order chi connectivity index (χ0) is 15.6. The first-order chi connectivity index (χ1) is 10.7. The molecule has 1 amide bonds. The van der Waals surface area contributed by atoms with Crippen LogP contribution < -0.4 is 11.1 Å². The summed E-state index contributed by atoms with van der Waals surface area (Å²) in [5.74, 6) is 2.23. The minimum Gasteiger partial charge on any atom is -0.384 e. The number of nitrogens with one attached hydrogen (secondary N) is 1. The molecule has 1 aliphatic carbocycles. The fraction of sp³-hybridized carbons (Fsp3) is 0.625. The van der Waals surface area contributed by atoms with Gasteiger partial charge in [0.15, 0.2) is 0 Å². The highest BCUT2D eigenvalue weighted by Crippen LogP contribution is 2.20. The van der Waals surface area contributed by atoms with Crippen molar-refractivity contribution in [2.24, 2.45) is 0 Å². The number of ether oxygens (including phenoxy) is 1. The molecule has 1 fully saturated rings. The van der Waals surface area contributed by atoms with Crippen molar-refractivity contribution in [1.82, 2.24) is 4.98 Å². The van der Waals surface area contributed by atoms with Crippen molar-refractivity contribution in [2.75, 3.05) is 29.2 Å². The summed E-state index contributed by atoms with van der Waals surface area (Å²) in [6.45, 7) is 0.802. The number of thioether (sulfide) groups is 1. The normalized spacial score (nSPS) is 15.6. The van der Waals surface area contributed by atoms with Crippen molar-refractivity contribution in [2.45, 2.75) is 44.6 Å². The van der Waals surface area contributed by atoms with Gasteiger partial charge in [0.25, 0.3) is 0 Å². The molecule has 0 radical (unpaired) electrons. The van der Waals surface area contributed by atoms with Gasteiger partial charge in [-0.3, -0.25) is 4.79 Å². The number of carbonyl (C=O) groups is 1. The van der Waals surface area contributed by atoms with E-state index in [1.165, 1.54) is 32.1 Å². The topological polar surface area (TPSA) is 77.2 Å². The second kappa shape index (κ2) is 9.69. The van der Waals surface area contributed by atoms with Gasteiger partial charge in [-0.15, -0.1) is 0 Å². The fourth-order valence-electron chi connectivity index (χ4n) is 2.51. The van der Waals surface area contributed by atoms with Gasteiger partial charge < -0.3 is 15.8 Å². The summed E-state index contributed by atoms with van der Waals surface area (Å²) in [5.41, 5.74) is 5.57. The highest BCUT2D eigenvalue weighted by Gasteiger charge is 2.13. The summed E-state index contributed by atoms with van der Waals surface area (Å²) < 4.78 is 5.86. The third-order valence-corrected chi connectivity index (χ3v) is 4.65. The molecule has 122 valence electrons. The summed E-state index contributed by atoms with van der Waals surface area (Å²) in [6, 6.07) is 5.20. The van der Waals surface area contributed by atoms with Gasteiger partial charge in [-0.1, -0.05) is 25.3 Å². The van der Waals surface area contributed by atoms with E-state index in [1.807, 2.05) is 0 Å². The Morgan fingerprint density at radius 1 is 1.36 bits per heavy atom. The minimum atomic E-state index is -0.0451. The molecule has 0 bridgehead atoms. The van der Waals surface area contributed by atoms with E-state index >= 15 is 0 Å². The van der Waals surface area contributed by atoms with Gasteiger partial charge in [0, 0.05) is 6.61 Å². The maximum atomic E-state index is 11.8. The largest absolute Gasteiger partial charge is 0.384 e. The Morgan fingerprint density at radius 3 is 2.95 bits per heavy atom. The Labute approximate surface area is 136 Å². The Kier molecular flexibility index (Phi) is 7.53. The lowest BCUT2D eigenvalue weighted by molar-refractivity contribution is -0.113. The van der Waals surface area contributed by atoms with Crippen LogP contribution in [0.15, 0.2) is 18.2 Å². The van der Waals surface area contributed by atoms with Crippen LogP contribution in [0.5, 0.6) is 0 Å². The lowest BCUT2D eigenvalue weighted by atomic mass is 9.98. The molecule has 2 rings (SSSR count). The molecule has 3 N–H and O–H groups in total. The van der Waals surface area contributed by atoms with E-state index < -0.39 is 0 Å². The monoisotopic (exact) mass is 323 g/mol. The molecular formula is C16H25N3O2S. The predicted molar refractivity (Wildman–Crippen MR) is 92.0 cm³/mol. The number of aromatic nitrogens is 1. The number of rotatable bonds is 8. The van der Waals surface area contributed by atoms with Crippen molar-refractivity contribution in [1.29, 1.82) is 0 Å². The molecule has 1 saturated carbocycles. The summed E-state index contributed by atoms with van der Waals surface area (Å²) in [4.78, 5) is 15.8. The number of hydrogen-bond donors (Lipinski definition) is 2. The van der Waals surface area contributed by atoms with Gasteiger partial charge in [0.05, 0.1) is 11.9 Å². The molecule has 22 heavy (non-hydrogen) atoms. The van der Waals surface area contributed by atoms with Crippen LogP contribution >= 0.6 is 11.8 Å². The average Bonchev–Trinajstić information content (AvgIpc) is 2.52. The van der Waals surface area contributed by atoms with Crippen molar-refractivity contribution in [3.05, 3.63) is 18.2 Å². The van der Waals surface area contributed by atoms with Gasteiger partial charge in [-0.2, -0.15) is 11.8 Å². The quantitative estimate of drug-likeness (QED) is 0.719. The number of hydrogen-bond acceptors (Lipinski definition) is 5. The van der Waals surface area contributed by atoms with Crippen LogP contribution in [0.25, 0.3) is 0 Å². The van der Waals surface area contributed by atoms with Gasteiger partial charge >= 0.3 is 0 Å². The van der Waals surface area contributed by atoms with Crippen molar-refractivity contribution in [3.63, 3.8) is 0 Å². The van der Waals surface area contributed by atoms with E-state index in [0.29, 0.717) is 23.5 Å². The van der Waals surface area contributed by atoms with Crippen molar-refractivity contribution in [3.8, 4) is 0 Å². The smallest absolute Gasteiger partial charge is 0.235 e.